The molecular weight excluding hydrogens is 329 g/mol. The molecule has 1 aliphatic heterocycles. The molecule has 6 nitrogen and oxygen atoms in total. The molecule has 24 heavy (non-hydrogen) atoms. The molecular formula is C16H16FN5OS. The smallest absolute Gasteiger partial charge is 0.258 e. The Morgan fingerprint density at radius 2 is 2.00 bits per heavy atom. The highest BCUT2D eigenvalue weighted by Crippen LogP contribution is 2.15. The number of piperazine rings is 1. The van der Waals surface area contributed by atoms with Crippen molar-refractivity contribution in [1.82, 2.24) is 19.3 Å². The first-order chi connectivity index (χ1) is 11.7. The van der Waals surface area contributed by atoms with Crippen molar-refractivity contribution in [2.75, 3.05) is 31.1 Å². The molecule has 0 saturated carbocycles. The van der Waals surface area contributed by atoms with Crippen LogP contribution in [0, 0.1) is 5.95 Å². The maximum atomic E-state index is 13.2. The topological polar surface area (TPSA) is 53.7 Å². The van der Waals surface area contributed by atoms with Crippen molar-refractivity contribution in [3.05, 3.63) is 57.8 Å². The Morgan fingerprint density at radius 1 is 1.17 bits per heavy atom. The molecule has 0 amide bonds. The van der Waals surface area contributed by atoms with Crippen LogP contribution < -0.4 is 10.5 Å². The number of rotatable bonds is 3. The van der Waals surface area contributed by atoms with E-state index in [9.17, 15) is 9.18 Å². The van der Waals surface area contributed by atoms with Gasteiger partial charge in [0.1, 0.15) is 5.82 Å². The lowest BCUT2D eigenvalue weighted by molar-refractivity contribution is 0.246. The summed E-state index contributed by atoms with van der Waals surface area (Å²) in [4.78, 5) is 25.6. The monoisotopic (exact) mass is 345 g/mol. The largest absolute Gasteiger partial charge is 0.354 e. The maximum absolute atomic E-state index is 13.2. The van der Waals surface area contributed by atoms with Crippen molar-refractivity contribution >= 4 is 22.1 Å². The summed E-state index contributed by atoms with van der Waals surface area (Å²) < 4.78 is 14.8. The summed E-state index contributed by atoms with van der Waals surface area (Å²) >= 11 is 1.46. The van der Waals surface area contributed by atoms with Crippen molar-refractivity contribution in [2.45, 2.75) is 6.54 Å². The van der Waals surface area contributed by atoms with Gasteiger partial charge < -0.3 is 4.90 Å². The highest BCUT2D eigenvalue weighted by molar-refractivity contribution is 7.15. The number of nitrogens with zero attached hydrogens (tertiary/aromatic N) is 5. The Balaban J connectivity index is 1.43. The number of hydrogen-bond donors (Lipinski definition) is 0. The van der Waals surface area contributed by atoms with Crippen molar-refractivity contribution in [1.29, 1.82) is 0 Å². The Hall–Kier alpha value is -2.32. The van der Waals surface area contributed by atoms with Crippen LogP contribution in [0.1, 0.15) is 5.69 Å². The van der Waals surface area contributed by atoms with Crippen molar-refractivity contribution in [2.24, 2.45) is 0 Å². The van der Waals surface area contributed by atoms with Gasteiger partial charge in [-0.2, -0.15) is 4.39 Å². The van der Waals surface area contributed by atoms with Gasteiger partial charge in [-0.3, -0.25) is 14.1 Å². The Bertz CT molecular complexity index is 916. The maximum Gasteiger partial charge on any atom is 0.258 e. The summed E-state index contributed by atoms with van der Waals surface area (Å²) in [6, 6.07) is 6.45. The van der Waals surface area contributed by atoms with Crippen LogP contribution in [-0.2, 0) is 6.54 Å². The van der Waals surface area contributed by atoms with Crippen LogP contribution in [0.5, 0.6) is 0 Å². The Morgan fingerprint density at radius 3 is 2.79 bits per heavy atom. The first kappa shape index (κ1) is 15.2. The number of pyridine rings is 1. The van der Waals surface area contributed by atoms with Crippen LogP contribution >= 0.6 is 11.3 Å². The lowest BCUT2D eigenvalue weighted by Gasteiger charge is -2.35. The molecule has 0 bridgehead atoms. The molecule has 0 aromatic carbocycles. The molecule has 0 aliphatic carbocycles. The number of anilines is 1. The summed E-state index contributed by atoms with van der Waals surface area (Å²) in [6.07, 6.45) is 1.74. The van der Waals surface area contributed by atoms with Crippen LogP contribution in [0.3, 0.4) is 0 Å². The van der Waals surface area contributed by atoms with Crippen LogP contribution in [0.25, 0.3) is 4.96 Å². The van der Waals surface area contributed by atoms with Crippen molar-refractivity contribution in [3.8, 4) is 0 Å². The molecule has 8 heteroatoms. The van der Waals surface area contributed by atoms with E-state index in [1.165, 1.54) is 17.4 Å². The average molecular weight is 345 g/mol. The van der Waals surface area contributed by atoms with E-state index < -0.39 is 5.95 Å². The third kappa shape index (κ3) is 3.02. The first-order valence-electron chi connectivity index (χ1n) is 7.75. The van der Waals surface area contributed by atoms with E-state index in [0.717, 1.165) is 36.8 Å². The van der Waals surface area contributed by atoms with Crippen LogP contribution in [-0.4, -0.2) is 45.4 Å². The summed E-state index contributed by atoms with van der Waals surface area (Å²) in [5.41, 5.74) is 0.749. The summed E-state index contributed by atoms with van der Waals surface area (Å²) in [6.45, 7) is 3.84. The standard InChI is InChI=1S/C16H16FN5OS/c17-13-2-1-3-14(19-13)21-6-4-20(5-7-21)11-12-10-15(23)22-8-9-24-16(22)18-12/h1-3,8-10H,4-7,11H2. The molecule has 0 N–H and O–H groups in total. The molecule has 0 spiro atoms. The van der Waals surface area contributed by atoms with Gasteiger partial charge in [-0.15, -0.1) is 11.3 Å². The fourth-order valence-electron chi connectivity index (χ4n) is 2.91. The second-order valence-corrected chi connectivity index (χ2v) is 6.60. The molecule has 0 unspecified atom stereocenters. The zero-order chi connectivity index (χ0) is 16.5. The Labute approximate surface area is 141 Å². The second kappa shape index (κ2) is 6.29. The first-order valence-corrected chi connectivity index (χ1v) is 8.63. The number of halogens is 1. The minimum absolute atomic E-state index is 0.0427. The molecule has 4 heterocycles. The molecule has 3 aromatic heterocycles. The molecule has 1 saturated heterocycles. The van der Waals surface area contributed by atoms with Crippen molar-refractivity contribution in [3.63, 3.8) is 0 Å². The number of thiazole rings is 1. The normalized spacial score (nSPS) is 16.0. The minimum Gasteiger partial charge on any atom is -0.354 e. The van der Waals surface area contributed by atoms with Crippen LogP contribution in [0.4, 0.5) is 10.2 Å². The minimum atomic E-state index is -0.455. The van der Waals surface area contributed by atoms with Gasteiger partial charge in [0.05, 0.1) is 5.69 Å². The predicted molar refractivity (Wildman–Crippen MR) is 91.0 cm³/mol. The lowest BCUT2D eigenvalue weighted by Crippen LogP contribution is -2.46. The SMILES string of the molecule is O=c1cc(CN2CCN(c3cccc(F)n3)CC2)nc2sccn12. The molecule has 0 atom stereocenters. The molecule has 1 aliphatic rings. The van der Waals surface area contributed by atoms with Gasteiger partial charge in [-0.25, -0.2) is 9.97 Å². The quantitative estimate of drug-likeness (QED) is 0.675. The van der Waals surface area contributed by atoms with Crippen molar-refractivity contribution < 1.29 is 4.39 Å². The number of aromatic nitrogens is 3. The number of hydrogen-bond acceptors (Lipinski definition) is 6. The third-order valence-corrected chi connectivity index (χ3v) is 4.90. The molecule has 124 valence electrons. The fraction of sp³-hybridized carbons (Fsp3) is 0.312. The van der Waals surface area contributed by atoms with Gasteiger partial charge in [-0.1, -0.05) is 6.07 Å². The Kier molecular flexibility index (Phi) is 3.99. The summed E-state index contributed by atoms with van der Waals surface area (Å²) in [7, 11) is 0. The van der Waals surface area contributed by atoms with E-state index in [4.69, 9.17) is 0 Å². The molecule has 4 rings (SSSR count). The van der Waals surface area contributed by atoms with Gasteiger partial charge in [0.15, 0.2) is 4.96 Å². The lowest BCUT2D eigenvalue weighted by atomic mass is 10.2. The zero-order valence-electron chi connectivity index (χ0n) is 12.9. The molecule has 1 fully saturated rings. The van der Waals surface area contributed by atoms with E-state index in [2.05, 4.69) is 19.8 Å². The summed E-state index contributed by atoms with van der Waals surface area (Å²) in [5.74, 6) is 0.217. The third-order valence-electron chi connectivity index (χ3n) is 4.14. The van der Waals surface area contributed by atoms with Crippen LogP contribution in [0.2, 0.25) is 0 Å². The second-order valence-electron chi connectivity index (χ2n) is 5.72. The fourth-order valence-corrected chi connectivity index (χ4v) is 3.65. The van der Waals surface area contributed by atoms with E-state index in [-0.39, 0.29) is 5.56 Å². The zero-order valence-corrected chi connectivity index (χ0v) is 13.7. The highest BCUT2D eigenvalue weighted by atomic mass is 32.1. The van der Waals surface area contributed by atoms with Gasteiger partial charge in [0.2, 0.25) is 5.95 Å². The molecule has 3 aromatic rings. The van der Waals surface area contributed by atoms with E-state index in [0.29, 0.717) is 12.4 Å². The van der Waals surface area contributed by atoms with Gasteiger partial charge >= 0.3 is 0 Å². The van der Waals surface area contributed by atoms with E-state index in [1.54, 1.807) is 22.7 Å². The predicted octanol–water partition coefficient (Wildman–Crippen LogP) is 1.61. The summed E-state index contributed by atoms with van der Waals surface area (Å²) in [5, 5.41) is 1.86. The average Bonchev–Trinajstić information content (AvgIpc) is 3.05. The van der Waals surface area contributed by atoms with E-state index in [1.807, 2.05) is 11.4 Å². The number of fused-ring (bicyclic) bond motifs is 1. The highest BCUT2D eigenvalue weighted by Gasteiger charge is 2.19. The van der Waals surface area contributed by atoms with Crippen LogP contribution in [0.15, 0.2) is 40.6 Å². The van der Waals surface area contributed by atoms with Gasteiger partial charge in [-0.05, 0) is 12.1 Å². The van der Waals surface area contributed by atoms with Gasteiger partial charge in [0.25, 0.3) is 5.56 Å². The molecule has 0 radical (unpaired) electrons. The van der Waals surface area contributed by atoms with E-state index >= 15 is 0 Å². The van der Waals surface area contributed by atoms with Gasteiger partial charge in [0, 0.05) is 50.4 Å².